The molecule has 0 aliphatic carbocycles. The van der Waals surface area contributed by atoms with Crippen LogP contribution in [0.15, 0.2) is 60.7 Å². The lowest BCUT2D eigenvalue weighted by atomic mass is 9.88. The van der Waals surface area contributed by atoms with Crippen LogP contribution in [0.1, 0.15) is 135 Å². The third kappa shape index (κ3) is 19.7. The van der Waals surface area contributed by atoms with Crippen molar-refractivity contribution in [3.05, 3.63) is 82.9 Å². The second kappa shape index (κ2) is 23.3. The van der Waals surface area contributed by atoms with E-state index in [0.29, 0.717) is 49.6 Å². The maximum atomic E-state index is 12.5. The van der Waals surface area contributed by atoms with Gasteiger partial charge in [0.05, 0.1) is 24.3 Å². The number of carbonyl (C=O) groups is 2. The highest BCUT2D eigenvalue weighted by Crippen LogP contribution is 2.35. The molecule has 0 fully saturated rings. The number of aliphatic hydroxyl groups excluding tert-OH is 1. The minimum Gasteiger partial charge on any atom is -0.490 e. The number of rotatable bonds is 13. The molecule has 0 bridgehead atoms. The standard InChI is InChI=1S/C26H33NO4.C18H31NO2.C2H6O.H4N2/c1-25(2,3)17-18-12-13-21(22(16-18)31-26(4,5)6)30-15-9-14-27-23(28)19-10-7-8-11-20(19)24(27)29;1-17(2,3)13-14-8-9-15(20-11-7-10-19)16(12-14)21-18(4,5)6;1-2-3;1-2/h7-8,10-13,16H,9,14-15,17H2,1-6H3;8-9,12H,7,10-11,13,19H2,1-6H3;3H,2H2,1H3;1-2H2. The van der Waals surface area contributed by atoms with Crippen LogP contribution in [0.3, 0.4) is 0 Å². The Bertz CT molecular complexity index is 1630. The minimum atomic E-state index is -0.349. The van der Waals surface area contributed by atoms with Crippen LogP contribution in [0.2, 0.25) is 0 Å². The van der Waals surface area contributed by atoms with E-state index in [4.69, 9.17) is 29.8 Å². The van der Waals surface area contributed by atoms with Gasteiger partial charge in [-0.25, -0.2) is 0 Å². The summed E-state index contributed by atoms with van der Waals surface area (Å²) >= 11 is 0. The highest BCUT2D eigenvalue weighted by molar-refractivity contribution is 6.21. The Morgan fingerprint density at radius 1 is 0.596 bits per heavy atom. The van der Waals surface area contributed by atoms with E-state index in [1.165, 1.54) is 16.0 Å². The Labute approximate surface area is 343 Å². The SMILES string of the molecule is CC(C)(C)Cc1ccc(OCCCN)c(OC(C)(C)C)c1.CC(C)(C)Cc1ccc(OCCCN2C(=O)c3ccccc3C2=O)c(OC(C)(C)C)c1.CCO.NN. The largest absolute Gasteiger partial charge is 0.490 e. The van der Waals surface area contributed by atoms with Crippen molar-refractivity contribution in [2.75, 3.05) is 32.9 Å². The molecule has 1 aliphatic rings. The summed E-state index contributed by atoms with van der Waals surface area (Å²) in [5, 5.41) is 7.57. The summed E-state index contributed by atoms with van der Waals surface area (Å²) in [6.07, 6.45) is 3.34. The first-order chi connectivity index (χ1) is 26.5. The van der Waals surface area contributed by atoms with E-state index >= 15 is 0 Å². The molecule has 57 heavy (non-hydrogen) atoms. The number of hydrogen-bond donors (Lipinski definition) is 4. The number of amides is 2. The molecule has 0 unspecified atom stereocenters. The summed E-state index contributed by atoms with van der Waals surface area (Å²) in [5.74, 6) is 10.6. The van der Waals surface area contributed by atoms with Gasteiger partial charge in [-0.15, -0.1) is 0 Å². The molecule has 11 nitrogen and oxygen atoms in total. The third-order valence-corrected chi connectivity index (χ3v) is 7.59. The summed E-state index contributed by atoms with van der Waals surface area (Å²) in [6, 6.07) is 19.3. The zero-order valence-corrected chi connectivity index (χ0v) is 37.2. The normalized spacial score (nSPS) is 12.6. The summed E-state index contributed by atoms with van der Waals surface area (Å²) in [7, 11) is 0. The molecule has 0 saturated heterocycles. The molecule has 7 N–H and O–H groups in total. The molecule has 0 aromatic heterocycles. The van der Waals surface area contributed by atoms with Gasteiger partial charge in [0.15, 0.2) is 23.0 Å². The van der Waals surface area contributed by atoms with Crippen molar-refractivity contribution in [1.29, 1.82) is 0 Å². The number of ether oxygens (including phenoxy) is 4. The quantitative estimate of drug-likeness (QED) is 0.0569. The van der Waals surface area contributed by atoms with Crippen molar-refractivity contribution in [1.82, 2.24) is 4.90 Å². The van der Waals surface area contributed by atoms with Gasteiger partial charge in [-0.05, 0) is 139 Å². The topological polar surface area (TPSA) is 173 Å². The number of nitrogens with zero attached hydrogens (tertiary/aromatic N) is 1. The molecular formula is C46H74N4O7. The number of fused-ring (bicyclic) bond motifs is 1. The highest BCUT2D eigenvalue weighted by Gasteiger charge is 2.34. The van der Waals surface area contributed by atoms with Gasteiger partial charge >= 0.3 is 0 Å². The predicted molar refractivity (Wildman–Crippen MR) is 232 cm³/mol. The van der Waals surface area contributed by atoms with Crippen molar-refractivity contribution >= 4 is 11.8 Å². The number of imide groups is 1. The van der Waals surface area contributed by atoms with E-state index in [1.54, 1.807) is 31.2 Å². The molecule has 320 valence electrons. The number of benzene rings is 3. The van der Waals surface area contributed by atoms with E-state index in [9.17, 15) is 9.59 Å². The Balaban J connectivity index is 0.000000544. The number of hydrogen-bond acceptors (Lipinski definition) is 10. The monoisotopic (exact) mass is 795 g/mol. The molecule has 0 saturated carbocycles. The van der Waals surface area contributed by atoms with Crippen LogP contribution >= 0.6 is 0 Å². The lowest BCUT2D eigenvalue weighted by molar-refractivity contribution is 0.0644. The van der Waals surface area contributed by atoms with E-state index in [-0.39, 0.29) is 40.5 Å². The molecule has 2 amide bonds. The van der Waals surface area contributed by atoms with Crippen LogP contribution in [-0.4, -0.2) is 65.9 Å². The van der Waals surface area contributed by atoms with Crippen LogP contribution in [0.4, 0.5) is 0 Å². The van der Waals surface area contributed by atoms with E-state index in [2.05, 4.69) is 77.5 Å². The van der Waals surface area contributed by atoms with Crippen molar-refractivity contribution in [2.24, 2.45) is 28.2 Å². The Hall–Kier alpha value is -4.16. The van der Waals surface area contributed by atoms with Gasteiger partial charge < -0.3 is 29.8 Å². The maximum absolute atomic E-state index is 12.5. The fraction of sp³-hybridized carbons (Fsp3) is 0.565. The van der Waals surface area contributed by atoms with Gasteiger partial charge in [0.2, 0.25) is 0 Å². The second-order valence-corrected chi connectivity index (χ2v) is 18.3. The summed E-state index contributed by atoms with van der Waals surface area (Å²) in [6.45, 7) is 29.4. The first-order valence-electron chi connectivity index (χ1n) is 20.0. The fourth-order valence-electron chi connectivity index (χ4n) is 5.72. The Kier molecular flexibility index (Phi) is 20.8. The number of nitrogens with two attached hydrogens (primary N) is 3. The minimum absolute atomic E-state index is 0.174. The molecule has 11 heteroatoms. The van der Waals surface area contributed by atoms with Crippen molar-refractivity contribution in [3.63, 3.8) is 0 Å². The Morgan fingerprint density at radius 3 is 1.30 bits per heavy atom. The third-order valence-electron chi connectivity index (χ3n) is 7.59. The maximum Gasteiger partial charge on any atom is 0.261 e. The number of aliphatic hydroxyl groups is 1. The first kappa shape index (κ1) is 50.9. The smallest absolute Gasteiger partial charge is 0.261 e. The second-order valence-electron chi connectivity index (χ2n) is 18.3. The van der Waals surface area contributed by atoms with Crippen LogP contribution in [0, 0.1) is 10.8 Å². The van der Waals surface area contributed by atoms with Crippen LogP contribution < -0.4 is 36.4 Å². The fourth-order valence-corrected chi connectivity index (χ4v) is 5.72. The molecule has 1 aliphatic heterocycles. The average molecular weight is 795 g/mol. The van der Waals surface area contributed by atoms with E-state index in [1.807, 2.05) is 53.7 Å². The molecular weight excluding hydrogens is 721 g/mol. The number of carbonyl (C=O) groups excluding carboxylic acids is 2. The lowest BCUT2D eigenvalue weighted by Crippen LogP contribution is -2.31. The molecule has 3 aromatic carbocycles. The van der Waals surface area contributed by atoms with Crippen molar-refractivity contribution < 1.29 is 33.6 Å². The van der Waals surface area contributed by atoms with Crippen LogP contribution in [-0.2, 0) is 12.8 Å². The van der Waals surface area contributed by atoms with E-state index in [0.717, 1.165) is 36.5 Å². The molecule has 0 radical (unpaired) electrons. The van der Waals surface area contributed by atoms with Crippen LogP contribution in [0.5, 0.6) is 23.0 Å². The summed E-state index contributed by atoms with van der Waals surface area (Å²) in [5.41, 5.74) is 8.77. The summed E-state index contributed by atoms with van der Waals surface area (Å²) in [4.78, 5) is 26.3. The molecule has 0 atom stereocenters. The zero-order valence-electron chi connectivity index (χ0n) is 37.2. The predicted octanol–water partition coefficient (Wildman–Crippen LogP) is 8.52. The zero-order chi connectivity index (χ0) is 43.6. The van der Waals surface area contributed by atoms with Crippen molar-refractivity contribution in [3.8, 4) is 23.0 Å². The first-order valence-corrected chi connectivity index (χ1v) is 20.0. The van der Waals surface area contributed by atoms with Gasteiger partial charge in [0.1, 0.15) is 11.2 Å². The van der Waals surface area contributed by atoms with Gasteiger partial charge in [0.25, 0.3) is 11.8 Å². The van der Waals surface area contributed by atoms with E-state index < -0.39 is 0 Å². The molecule has 4 rings (SSSR count). The van der Waals surface area contributed by atoms with Gasteiger partial charge in [-0.2, -0.15) is 0 Å². The van der Waals surface area contributed by atoms with Crippen molar-refractivity contribution in [2.45, 2.75) is 127 Å². The summed E-state index contributed by atoms with van der Waals surface area (Å²) < 4.78 is 24.0. The van der Waals surface area contributed by atoms with Crippen LogP contribution in [0.25, 0.3) is 0 Å². The van der Waals surface area contributed by atoms with Gasteiger partial charge in [-0.3, -0.25) is 26.2 Å². The molecule has 0 spiro atoms. The highest BCUT2D eigenvalue weighted by atomic mass is 16.5. The Morgan fingerprint density at radius 2 is 0.965 bits per heavy atom. The average Bonchev–Trinajstić information content (AvgIpc) is 3.32. The van der Waals surface area contributed by atoms with Gasteiger partial charge in [0, 0.05) is 13.2 Å². The molecule has 1 heterocycles. The van der Waals surface area contributed by atoms with Gasteiger partial charge in [-0.1, -0.05) is 65.8 Å². The lowest BCUT2D eigenvalue weighted by Gasteiger charge is -2.25. The molecule has 3 aromatic rings. The number of hydrazine groups is 1.